The second kappa shape index (κ2) is 17.7. The number of ether oxygens (including phenoxy) is 2. The van der Waals surface area contributed by atoms with E-state index in [1.165, 1.54) is 30.2 Å². The largest absolute Gasteiger partial charge is 0.497 e. The summed E-state index contributed by atoms with van der Waals surface area (Å²) in [6, 6.07) is 38.3. The lowest BCUT2D eigenvalue weighted by Gasteiger charge is -2.17. The number of amides is 3. The molecular weight excluding hydrogens is 773 g/mol. The Balaban J connectivity index is 1.19. The molecule has 3 amide bonds. The molecule has 5 aromatic carbocycles. The molecule has 0 aliphatic carbocycles. The Labute approximate surface area is 323 Å². The number of aromatic nitrogens is 1. The maximum Gasteiger partial charge on any atom is 0.272 e. The molecule has 53 heavy (non-hydrogen) atoms. The van der Waals surface area contributed by atoms with E-state index in [9.17, 15) is 14.4 Å². The van der Waals surface area contributed by atoms with Crippen molar-refractivity contribution in [2.75, 3.05) is 24.9 Å². The van der Waals surface area contributed by atoms with E-state index >= 15 is 0 Å². The number of thiazole rings is 1. The summed E-state index contributed by atoms with van der Waals surface area (Å²) in [6.07, 6.45) is 1.55. The van der Waals surface area contributed by atoms with Gasteiger partial charge in [-0.1, -0.05) is 76.6 Å². The number of anilines is 2. The number of hydrogen-bond donors (Lipinski definition) is 3. The van der Waals surface area contributed by atoms with Gasteiger partial charge in [-0.15, -0.1) is 23.1 Å². The Morgan fingerprint density at radius 1 is 0.811 bits per heavy atom. The molecule has 1 aromatic heterocycles. The predicted molar refractivity (Wildman–Crippen MR) is 215 cm³/mol. The minimum atomic E-state index is -0.584. The van der Waals surface area contributed by atoms with Crippen LogP contribution in [0.25, 0.3) is 17.3 Å². The van der Waals surface area contributed by atoms with Gasteiger partial charge in [-0.25, -0.2) is 4.98 Å². The molecule has 6 rings (SSSR count). The molecule has 0 bridgehead atoms. The second-order valence-corrected chi connectivity index (χ2v) is 14.4. The predicted octanol–water partition coefficient (Wildman–Crippen LogP) is 9.47. The lowest BCUT2D eigenvalue weighted by molar-refractivity contribution is -0.116. The average molecular weight is 806 g/mol. The molecular formula is C41H33BrN4O5S2. The fraction of sp³-hybridized carbons (Fsp3) is 0.0732. The van der Waals surface area contributed by atoms with E-state index in [4.69, 9.17) is 9.47 Å². The third-order valence-electron chi connectivity index (χ3n) is 7.85. The Kier molecular flexibility index (Phi) is 12.4. The van der Waals surface area contributed by atoms with Crippen molar-refractivity contribution in [3.05, 3.63) is 160 Å². The lowest BCUT2D eigenvalue weighted by atomic mass is 10.1. The molecule has 0 fully saturated rings. The van der Waals surface area contributed by atoms with Gasteiger partial charge in [0.25, 0.3) is 11.8 Å². The highest BCUT2D eigenvalue weighted by molar-refractivity contribution is 9.10. The first-order valence-electron chi connectivity index (χ1n) is 16.2. The quantitative estimate of drug-likeness (QED) is 0.0787. The molecule has 0 saturated heterocycles. The zero-order valence-electron chi connectivity index (χ0n) is 28.5. The lowest BCUT2D eigenvalue weighted by Crippen LogP contribution is -2.30. The van der Waals surface area contributed by atoms with Gasteiger partial charge in [0.05, 0.1) is 19.9 Å². The topological polar surface area (TPSA) is 119 Å². The Morgan fingerprint density at radius 2 is 1.51 bits per heavy atom. The van der Waals surface area contributed by atoms with Crippen molar-refractivity contribution in [2.45, 2.75) is 10.1 Å². The summed E-state index contributed by atoms with van der Waals surface area (Å²) in [5.41, 5.74) is 4.01. The SMILES string of the molecule is COc1ccc(/C=C(\NC(=O)c2ccccc2)C(=O)Nc2ccc(SC(C(=O)Nc3nc(-c4ccc(Br)cc4)cs3)c3ccccc3)cc2)c(OC)c1. The molecule has 9 nitrogen and oxygen atoms in total. The van der Waals surface area contributed by atoms with Crippen LogP contribution in [0.5, 0.6) is 11.5 Å². The maximum absolute atomic E-state index is 13.7. The summed E-state index contributed by atoms with van der Waals surface area (Å²) < 4.78 is 11.8. The van der Waals surface area contributed by atoms with Gasteiger partial charge in [-0.2, -0.15) is 0 Å². The van der Waals surface area contributed by atoms with Crippen LogP contribution in [0.15, 0.2) is 148 Å². The number of methoxy groups -OCH3 is 2. The smallest absolute Gasteiger partial charge is 0.272 e. The molecule has 1 atom stereocenters. The average Bonchev–Trinajstić information content (AvgIpc) is 3.66. The second-order valence-electron chi connectivity index (χ2n) is 11.4. The highest BCUT2D eigenvalue weighted by Crippen LogP contribution is 2.37. The molecule has 0 saturated carbocycles. The van der Waals surface area contributed by atoms with Crippen LogP contribution in [-0.4, -0.2) is 36.9 Å². The molecule has 266 valence electrons. The summed E-state index contributed by atoms with van der Waals surface area (Å²) in [6.45, 7) is 0. The summed E-state index contributed by atoms with van der Waals surface area (Å²) in [4.78, 5) is 46.0. The van der Waals surface area contributed by atoms with Gasteiger partial charge in [0.1, 0.15) is 22.4 Å². The van der Waals surface area contributed by atoms with Crippen molar-refractivity contribution in [1.29, 1.82) is 0 Å². The normalized spacial score (nSPS) is 11.6. The van der Waals surface area contributed by atoms with E-state index in [-0.39, 0.29) is 11.6 Å². The Bertz CT molecular complexity index is 2230. The van der Waals surface area contributed by atoms with Gasteiger partial charge < -0.3 is 25.4 Å². The third kappa shape index (κ3) is 9.80. The van der Waals surface area contributed by atoms with Crippen molar-refractivity contribution >= 4 is 73.6 Å². The summed E-state index contributed by atoms with van der Waals surface area (Å²) in [7, 11) is 3.06. The van der Waals surface area contributed by atoms with E-state index in [2.05, 4.69) is 36.9 Å². The number of nitrogens with one attached hydrogen (secondary N) is 3. The fourth-order valence-corrected chi connectivity index (χ4v) is 7.15. The van der Waals surface area contributed by atoms with E-state index in [0.717, 1.165) is 26.2 Å². The molecule has 1 unspecified atom stereocenters. The van der Waals surface area contributed by atoms with E-state index in [1.54, 1.807) is 73.8 Å². The minimum Gasteiger partial charge on any atom is -0.497 e. The number of benzene rings is 5. The fourth-order valence-electron chi connectivity index (χ4n) is 5.14. The van der Waals surface area contributed by atoms with Crippen LogP contribution in [0, 0.1) is 0 Å². The van der Waals surface area contributed by atoms with Gasteiger partial charge >= 0.3 is 0 Å². The first kappa shape index (κ1) is 37.1. The molecule has 12 heteroatoms. The van der Waals surface area contributed by atoms with Crippen LogP contribution in [0.4, 0.5) is 10.8 Å². The first-order valence-corrected chi connectivity index (χ1v) is 18.8. The molecule has 6 aromatic rings. The van der Waals surface area contributed by atoms with Crippen LogP contribution >= 0.6 is 39.0 Å². The highest BCUT2D eigenvalue weighted by Gasteiger charge is 2.24. The zero-order chi connectivity index (χ0) is 37.2. The van der Waals surface area contributed by atoms with Crippen LogP contribution in [0.2, 0.25) is 0 Å². The van der Waals surface area contributed by atoms with Crippen molar-refractivity contribution in [3.8, 4) is 22.8 Å². The van der Waals surface area contributed by atoms with Crippen LogP contribution in [-0.2, 0) is 9.59 Å². The number of thioether (sulfide) groups is 1. The van der Waals surface area contributed by atoms with Crippen molar-refractivity contribution < 1.29 is 23.9 Å². The number of hydrogen-bond acceptors (Lipinski definition) is 8. The Hall–Kier alpha value is -5.69. The summed E-state index contributed by atoms with van der Waals surface area (Å²) in [5, 5.41) is 10.5. The monoisotopic (exact) mass is 804 g/mol. The van der Waals surface area contributed by atoms with Gasteiger partial charge in [0, 0.05) is 43.2 Å². The number of halogens is 1. The van der Waals surface area contributed by atoms with Crippen molar-refractivity contribution in [2.24, 2.45) is 0 Å². The van der Waals surface area contributed by atoms with Gasteiger partial charge in [0.2, 0.25) is 5.91 Å². The van der Waals surface area contributed by atoms with E-state index in [0.29, 0.717) is 33.4 Å². The van der Waals surface area contributed by atoms with Crippen LogP contribution in [0.3, 0.4) is 0 Å². The highest BCUT2D eigenvalue weighted by atomic mass is 79.9. The van der Waals surface area contributed by atoms with Gasteiger partial charge in [-0.3, -0.25) is 14.4 Å². The molecule has 0 spiro atoms. The molecule has 0 radical (unpaired) electrons. The Morgan fingerprint density at radius 3 is 2.19 bits per heavy atom. The number of carbonyl (C=O) groups is 3. The number of nitrogens with zero attached hydrogens (tertiary/aromatic N) is 1. The first-order chi connectivity index (χ1) is 25.8. The third-order valence-corrected chi connectivity index (χ3v) is 10.4. The number of carbonyl (C=O) groups excluding carboxylic acids is 3. The van der Waals surface area contributed by atoms with Crippen molar-refractivity contribution in [3.63, 3.8) is 0 Å². The van der Waals surface area contributed by atoms with Gasteiger partial charge in [-0.05, 0) is 72.3 Å². The summed E-state index contributed by atoms with van der Waals surface area (Å²) in [5.74, 6) is -0.161. The molecule has 3 N–H and O–H groups in total. The van der Waals surface area contributed by atoms with E-state index < -0.39 is 17.1 Å². The number of rotatable bonds is 13. The zero-order valence-corrected chi connectivity index (χ0v) is 31.8. The van der Waals surface area contributed by atoms with Crippen LogP contribution < -0.4 is 25.4 Å². The maximum atomic E-state index is 13.7. The van der Waals surface area contributed by atoms with Gasteiger partial charge in [0.15, 0.2) is 5.13 Å². The van der Waals surface area contributed by atoms with Crippen LogP contribution in [0.1, 0.15) is 26.7 Å². The molecule has 0 aliphatic rings. The minimum absolute atomic E-state index is 0.00654. The standard InChI is InChI=1S/C41H33BrN4O5S2/c1-50-32-20-15-29(36(24-32)51-2)23-34(44-38(47)28-11-7-4-8-12-28)39(48)43-31-18-21-33(22-19-31)53-37(27-9-5-3-6-10-27)40(49)46-41-45-35(25-52-41)26-13-16-30(42)17-14-26/h3-25,37H,1-2H3,(H,43,48)(H,44,47)(H,45,46,49)/b34-23-. The molecule has 0 aliphatic heterocycles. The molecule has 1 heterocycles. The summed E-state index contributed by atoms with van der Waals surface area (Å²) >= 11 is 6.20. The van der Waals surface area contributed by atoms with E-state index in [1.807, 2.05) is 72.1 Å². The van der Waals surface area contributed by atoms with Crippen molar-refractivity contribution in [1.82, 2.24) is 10.3 Å².